The van der Waals surface area contributed by atoms with E-state index in [0.717, 1.165) is 18.8 Å². The lowest BCUT2D eigenvalue weighted by atomic mass is 9.87. The van der Waals surface area contributed by atoms with Crippen LogP contribution in [-0.4, -0.2) is 24.1 Å². The Labute approximate surface area is 79.0 Å². The number of hydrogen-bond donors (Lipinski definition) is 0. The molecule has 0 unspecified atom stereocenters. The number of carbonyl (C=O) groups is 1. The minimum absolute atomic E-state index is 0.165. The molecule has 0 spiro atoms. The van der Waals surface area contributed by atoms with E-state index in [-0.39, 0.29) is 5.91 Å². The van der Waals surface area contributed by atoms with Gasteiger partial charge in [0.2, 0.25) is 5.91 Å². The Bertz CT molecular complexity index is 217. The van der Waals surface area contributed by atoms with Gasteiger partial charge in [0.1, 0.15) is 0 Å². The lowest BCUT2D eigenvalue weighted by molar-refractivity contribution is -0.200. The van der Waals surface area contributed by atoms with Crippen molar-refractivity contribution in [2.75, 3.05) is 7.11 Å². The van der Waals surface area contributed by atoms with Gasteiger partial charge in [-0.05, 0) is 31.1 Å². The molecule has 0 radical (unpaired) electrons. The molecule has 0 aromatic heterocycles. The first-order chi connectivity index (χ1) is 6.24. The molecule has 2 rings (SSSR count). The van der Waals surface area contributed by atoms with Crippen LogP contribution >= 0.6 is 0 Å². The molecule has 1 aliphatic heterocycles. The molecule has 1 saturated carbocycles. The number of amides is 1. The lowest BCUT2D eigenvalue weighted by Crippen LogP contribution is -2.46. The number of hydrogen-bond acceptors (Lipinski definition) is 2. The van der Waals surface area contributed by atoms with Crippen molar-refractivity contribution < 1.29 is 9.63 Å². The summed E-state index contributed by atoms with van der Waals surface area (Å²) in [4.78, 5) is 16.6. The van der Waals surface area contributed by atoms with E-state index in [0.29, 0.717) is 18.4 Å². The van der Waals surface area contributed by atoms with Gasteiger partial charge in [0.15, 0.2) is 0 Å². The van der Waals surface area contributed by atoms with E-state index in [1.165, 1.54) is 6.42 Å². The van der Waals surface area contributed by atoms with Crippen molar-refractivity contribution in [3.8, 4) is 0 Å². The van der Waals surface area contributed by atoms with Crippen LogP contribution in [-0.2, 0) is 9.63 Å². The van der Waals surface area contributed by atoms with Gasteiger partial charge in [0.25, 0.3) is 0 Å². The minimum Gasteiger partial charge on any atom is -0.274 e. The molecule has 3 atom stereocenters. The average Bonchev–Trinajstić information content (AvgIpc) is 2.48. The summed E-state index contributed by atoms with van der Waals surface area (Å²) in [5.74, 6) is 1.60. The van der Waals surface area contributed by atoms with Crippen LogP contribution in [0.1, 0.15) is 32.6 Å². The Hall–Kier alpha value is -0.570. The minimum atomic E-state index is 0.165. The molecule has 0 N–H and O–H groups in total. The highest BCUT2D eigenvalue weighted by Crippen LogP contribution is 2.41. The Morgan fingerprint density at radius 3 is 2.85 bits per heavy atom. The van der Waals surface area contributed by atoms with Gasteiger partial charge in [-0.15, -0.1) is 0 Å². The molecule has 1 aliphatic carbocycles. The van der Waals surface area contributed by atoms with Crippen molar-refractivity contribution in [3.63, 3.8) is 0 Å². The fraction of sp³-hybridized carbons (Fsp3) is 0.900. The highest BCUT2D eigenvalue weighted by Gasteiger charge is 2.42. The predicted octanol–water partition coefficient (Wildman–Crippen LogP) is 1.58. The molecule has 2 aliphatic rings. The Kier molecular flexibility index (Phi) is 2.28. The second-order valence-electron chi connectivity index (χ2n) is 4.23. The second-order valence-corrected chi connectivity index (χ2v) is 4.23. The summed E-state index contributed by atoms with van der Waals surface area (Å²) in [6.07, 6.45) is 4.08. The van der Waals surface area contributed by atoms with Gasteiger partial charge in [-0.2, -0.15) is 0 Å². The van der Waals surface area contributed by atoms with Crippen LogP contribution in [0.4, 0.5) is 0 Å². The third kappa shape index (κ3) is 1.35. The third-order valence-electron chi connectivity index (χ3n) is 3.58. The number of rotatable bonds is 1. The molecule has 13 heavy (non-hydrogen) atoms. The predicted molar refractivity (Wildman–Crippen MR) is 48.8 cm³/mol. The smallest absolute Gasteiger partial charge is 0.246 e. The summed E-state index contributed by atoms with van der Waals surface area (Å²) in [6.45, 7) is 2.29. The van der Waals surface area contributed by atoms with Gasteiger partial charge in [0.05, 0.1) is 13.2 Å². The topological polar surface area (TPSA) is 29.5 Å². The zero-order valence-corrected chi connectivity index (χ0v) is 8.32. The molecular weight excluding hydrogens is 166 g/mol. The largest absolute Gasteiger partial charge is 0.274 e. The maximum Gasteiger partial charge on any atom is 0.246 e. The molecule has 3 nitrogen and oxygen atoms in total. The maximum atomic E-state index is 11.5. The van der Waals surface area contributed by atoms with Crippen LogP contribution in [0.3, 0.4) is 0 Å². The Balaban J connectivity index is 2.14. The normalized spacial score (nSPS) is 39.4. The first-order valence-electron chi connectivity index (χ1n) is 5.10. The quantitative estimate of drug-likeness (QED) is 0.617. The molecule has 74 valence electrons. The van der Waals surface area contributed by atoms with Gasteiger partial charge in [-0.1, -0.05) is 6.92 Å². The lowest BCUT2D eigenvalue weighted by Gasteiger charge is -2.36. The van der Waals surface area contributed by atoms with E-state index >= 15 is 0 Å². The van der Waals surface area contributed by atoms with Crippen molar-refractivity contribution in [1.82, 2.24) is 5.06 Å². The van der Waals surface area contributed by atoms with Crippen LogP contribution in [0, 0.1) is 11.8 Å². The van der Waals surface area contributed by atoms with Crippen LogP contribution in [0.15, 0.2) is 0 Å². The highest BCUT2D eigenvalue weighted by atomic mass is 16.7. The fourth-order valence-corrected chi connectivity index (χ4v) is 2.83. The molecule has 1 amide bonds. The molecule has 0 bridgehead atoms. The second kappa shape index (κ2) is 3.29. The molecule has 3 heteroatoms. The van der Waals surface area contributed by atoms with Gasteiger partial charge >= 0.3 is 0 Å². The standard InChI is InChI=1S/C10H17NO2/c1-7-3-5-9-8(7)4-6-10(12)11(9)13-2/h7-9H,3-6H2,1-2H3/t7-,8+,9-/m0/s1. The summed E-state index contributed by atoms with van der Waals surface area (Å²) >= 11 is 0. The molecule has 0 aromatic rings. The summed E-state index contributed by atoms with van der Waals surface area (Å²) in [5.41, 5.74) is 0. The van der Waals surface area contributed by atoms with Crippen molar-refractivity contribution in [1.29, 1.82) is 0 Å². The highest BCUT2D eigenvalue weighted by molar-refractivity contribution is 5.76. The van der Waals surface area contributed by atoms with Crippen molar-refractivity contribution in [3.05, 3.63) is 0 Å². The maximum absolute atomic E-state index is 11.5. The van der Waals surface area contributed by atoms with Gasteiger partial charge < -0.3 is 0 Å². The number of fused-ring (bicyclic) bond motifs is 1. The summed E-state index contributed by atoms with van der Waals surface area (Å²) < 4.78 is 0. The molecular formula is C10H17NO2. The van der Waals surface area contributed by atoms with Crippen LogP contribution in [0.5, 0.6) is 0 Å². The average molecular weight is 183 g/mol. The number of carbonyl (C=O) groups excluding carboxylic acids is 1. The number of nitrogens with zero attached hydrogens (tertiary/aromatic N) is 1. The fourth-order valence-electron chi connectivity index (χ4n) is 2.83. The molecule has 1 heterocycles. The monoisotopic (exact) mass is 183 g/mol. The van der Waals surface area contributed by atoms with Gasteiger partial charge in [-0.3, -0.25) is 9.63 Å². The molecule has 0 aromatic carbocycles. The molecule has 1 saturated heterocycles. The van der Waals surface area contributed by atoms with Crippen LogP contribution in [0.25, 0.3) is 0 Å². The first-order valence-corrected chi connectivity index (χ1v) is 5.10. The van der Waals surface area contributed by atoms with E-state index < -0.39 is 0 Å². The zero-order valence-electron chi connectivity index (χ0n) is 8.32. The van der Waals surface area contributed by atoms with E-state index in [1.54, 1.807) is 12.2 Å². The summed E-state index contributed by atoms with van der Waals surface area (Å²) in [7, 11) is 1.60. The number of hydroxylamine groups is 2. The first kappa shape index (κ1) is 9.00. The Morgan fingerprint density at radius 2 is 2.15 bits per heavy atom. The van der Waals surface area contributed by atoms with Gasteiger partial charge in [0, 0.05) is 6.42 Å². The SMILES string of the molecule is CON1C(=O)CC[C@@H]2[C@@H](C)CC[C@@H]21. The number of piperidine rings is 1. The summed E-state index contributed by atoms with van der Waals surface area (Å²) in [6, 6.07) is 0.362. The van der Waals surface area contributed by atoms with E-state index in [9.17, 15) is 4.79 Å². The van der Waals surface area contributed by atoms with Crippen molar-refractivity contribution in [2.45, 2.75) is 38.6 Å². The van der Waals surface area contributed by atoms with E-state index in [1.807, 2.05) is 0 Å². The third-order valence-corrected chi connectivity index (χ3v) is 3.58. The van der Waals surface area contributed by atoms with Crippen LogP contribution < -0.4 is 0 Å². The summed E-state index contributed by atoms with van der Waals surface area (Å²) in [5, 5.41) is 1.61. The molecule has 2 fully saturated rings. The van der Waals surface area contributed by atoms with Crippen LogP contribution in [0.2, 0.25) is 0 Å². The van der Waals surface area contributed by atoms with Gasteiger partial charge in [-0.25, -0.2) is 5.06 Å². The van der Waals surface area contributed by atoms with E-state index in [4.69, 9.17) is 4.84 Å². The van der Waals surface area contributed by atoms with Crippen molar-refractivity contribution in [2.24, 2.45) is 11.8 Å². The van der Waals surface area contributed by atoms with E-state index in [2.05, 4.69) is 6.92 Å². The Morgan fingerprint density at radius 1 is 1.38 bits per heavy atom. The van der Waals surface area contributed by atoms with Crippen molar-refractivity contribution >= 4 is 5.91 Å². The zero-order chi connectivity index (χ0) is 9.42.